The molecule has 0 fully saturated rings. The molecule has 0 atom stereocenters. The molecule has 2 aromatic rings. The molecule has 1 amide bonds. The van der Waals surface area contributed by atoms with Gasteiger partial charge in [0.1, 0.15) is 0 Å². The number of methoxy groups -OCH3 is 1. The molecular weight excluding hydrogens is 256 g/mol. The highest BCUT2D eigenvalue weighted by atomic mass is 16.5. The number of nitrogens with one attached hydrogen (secondary N) is 1. The third kappa shape index (κ3) is 3.98. The smallest absolute Gasteiger partial charge is 0.227 e. The number of anilines is 1. The molecule has 5 heteroatoms. The SMILES string of the molecule is COc1ccccc1OCCC(=O)Nc1cccnc1. The van der Waals surface area contributed by atoms with Crippen LogP contribution in [0.25, 0.3) is 0 Å². The van der Waals surface area contributed by atoms with E-state index in [0.717, 1.165) is 0 Å². The van der Waals surface area contributed by atoms with Crippen molar-refractivity contribution >= 4 is 11.6 Å². The molecule has 0 bridgehead atoms. The van der Waals surface area contributed by atoms with Gasteiger partial charge < -0.3 is 14.8 Å². The Bertz CT molecular complexity index is 558. The summed E-state index contributed by atoms with van der Waals surface area (Å²) in [6, 6.07) is 10.9. The van der Waals surface area contributed by atoms with Gasteiger partial charge in [0, 0.05) is 6.20 Å². The summed E-state index contributed by atoms with van der Waals surface area (Å²) in [6.45, 7) is 0.284. The van der Waals surface area contributed by atoms with Crippen molar-refractivity contribution in [3.05, 3.63) is 48.8 Å². The Kier molecular flexibility index (Phi) is 4.94. The molecule has 1 heterocycles. The highest BCUT2D eigenvalue weighted by Gasteiger charge is 2.05. The minimum absolute atomic E-state index is 0.118. The van der Waals surface area contributed by atoms with Crippen LogP contribution in [0.2, 0.25) is 0 Å². The Morgan fingerprint density at radius 1 is 1.20 bits per heavy atom. The van der Waals surface area contributed by atoms with Crippen LogP contribution in [-0.4, -0.2) is 24.6 Å². The highest BCUT2D eigenvalue weighted by Crippen LogP contribution is 2.25. The molecule has 5 nitrogen and oxygen atoms in total. The molecule has 0 spiro atoms. The van der Waals surface area contributed by atoms with E-state index in [4.69, 9.17) is 9.47 Å². The zero-order valence-electron chi connectivity index (χ0n) is 11.2. The van der Waals surface area contributed by atoms with Crippen molar-refractivity contribution in [2.24, 2.45) is 0 Å². The minimum Gasteiger partial charge on any atom is -0.493 e. The molecule has 2 rings (SSSR count). The Morgan fingerprint density at radius 2 is 2.00 bits per heavy atom. The number of aromatic nitrogens is 1. The van der Waals surface area contributed by atoms with Gasteiger partial charge in [-0.2, -0.15) is 0 Å². The van der Waals surface area contributed by atoms with Gasteiger partial charge in [-0.25, -0.2) is 0 Å². The monoisotopic (exact) mass is 272 g/mol. The second-order valence-electron chi connectivity index (χ2n) is 4.04. The fraction of sp³-hybridized carbons (Fsp3) is 0.200. The van der Waals surface area contributed by atoms with E-state index in [9.17, 15) is 4.79 Å². The van der Waals surface area contributed by atoms with Gasteiger partial charge in [-0.15, -0.1) is 0 Å². The van der Waals surface area contributed by atoms with Gasteiger partial charge in [-0.05, 0) is 24.3 Å². The summed E-state index contributed by atoms with van der Waals surface area (Å²) in [5, 5.41) is 2.74. The summed E-state index contributed by atoms with van der Waals surface area (Å²) in [6.07, 6.45) is 3.51. The topological polar surface area (TPSA) is 60.5 Å². The predicted octanol–water partition coefficient (Wildman–Crippen LogP) is 2.50. The summed E-state index contributed by atoms with van der Waals surface area (Å²) in [7, 11) is 1.58. The average Bonchev–Trinajstić information content (AvgIpc) is 2.49. The Labute approximate surface area is 117 Å². The zero-order valence-corrected chi connectivity index (χ0v) is 11.2. The molecule has 0 saturated carbocycles. The lowest BCUT2D eigenvalue weighted by molar-refractivity contribution is -0.116. The first-order valence-corrected chi connectivity index (χ1v) is 6.25. The fourth-order valence-corrected chi connectivity index (χ4v) is 1.65. The van der Waals surface area contributed by atoms with E-state index >= 15 is 0 Å². The molecule has 1 N–H and O–H groups in total. The summed E-state index contributed by atoms with van der Waals surface area (Å²) < 4.78 is 10.7. The Morgan fingerprint density at radius 3 is 2.70 bits per heavy atom. The molecule has 0 aliphatic carbocycles. The number of amides is 1. The van der Waals surface area contributed by atoms with E-state index in [2.05, 4.69) is 10.3 Å². The maximum atomic E-state index is 11.7. The van der Waals surface area contributed by atoms with Crippen molar-refractivity contribution in [1.29, 1.82) is 0 Å². The largest absolute Gasteiger partial charge is 0.493 e. The third-order valence-electron chi connectivity index (χ3n) is 2.60. The van der Waals surface area contributed by atoms with Crippen LogP contribution in [0.3, 0.4) is 0 Å². The number of carbonyl (C=O) groups excluding carboxylic acids is 1. The summed E-state index contributed by atoms with van der Waals surface area (Å²) >= 11 is 0. The summed E-state index contributed by atoms with van der Waals surface area (Å²) in [5.74, 6) is 1.16. The van der Waals surface area contributed by atoms with Crippen LogP contribution in [0.4, 0.5) is 5.69 Å². The molecule has 20 heavy (non-hydrogen) atoms. The van der Waals surface area contributed by atoms with Gasteiger partial charge in [0.15, 0.2) is 11.5 Å². The molecule has 0 unspecified atom stereocenters. The van der Waals surface area contributed by atoms with Crippen molar-refractivity contribution in [3.63, 3.8) is 0 Å². The lowest BCUT2D eigenvalue weighted by atomic mass is 10.3. The number of hydrogen-bond acceptors (Lipinski definition) is 4. The van der Waals surface area contributed by atoms with Crippen molar-refractivity contribution in [2.45, 2.75) is 6.42 Å². The lowest BCUT2D eigenvalue weighted by Gasteiger charge is -2.10. The van der Waals surface area contributed by atoms with Crippen molar-refractivity contribution in [2.75, 3.05) is 19.0 Å². The Balaban J connectivity index is 1.79. The number of carbonyl (C=O) groups is 1. The first-order chi connectivity index (χ1) is 9.79. The summed E-state index contributed by atoms with van der Waals surface area (Å²) in [4.78, 5) is 15.6. The van der Waals surface area contributed by atoms with Crippen molar-refractivity contribution in [1.82, 2.24) is 4.98 Å². The molecule has 0 aliphatic heterocycles. The number of hydrogen-bond donors (Lipinski definition) is 1. The first kappa shape index (κ1) is 13.9. The van der Waals surface area contributed by atoms with Crippen LogP contribution in [-0.2, 0) is 4.79 Å². The second-order valence-corrected chi connectivity index (χ2v) is 4.04. The predicted molar refractivity (Wildman–Crippen MR) is 76.0 cm³/mol. The van der Waals surface area contributed by atoms with Gasteiger partial charge in [0.25, 0.3) is 0 Å². The van der Waals surface area contributed by atoms with Crippen LogP contribution in [0.15, 0.2) is 48.8 Å². The molecular formula is C15H16N2O3. The third-order valence-corrected chi connectivity index (χ3v) is 2.60. The van der Waals surface area contributed by atoms with Gasteiger partial charge >= 0.3 is 0 Å². The van der Waals surface area contributed by atoms with Gasteiger partial charge in [-0.3, -0.25) is 9.78 Å². The molecule has 0 aliphatic rings. The zero-order chi connectivity index (χ0) is 14.2. The second kappa shape index (κ2) is 7.13. The van der Waals surface area contributed by atoms with E-state index < -0.39 is 0 Å². The van der Waals surface area contributed by atoms with E-state index in [-0.39, 0.29) is 18.9 Å². The summed E-state index contributed by atoms with van der Waals surface area (Å²) in [5.41, 5.74) is 0.676. The van der Waals surface area contributed by atoms with Crippen molar-refractivity contribution < 1.29 is 14.3 Å². The number of rotatable bonds is 6. The van der Waals surface area contributed by atoms with E-state index in [1.807, 2.05) is 18.2 Å². The van der Waals surface area contributed by atoms with Gasteiger partial charge in [0.05, 0.1) is 32.0 Å². The van der Waals surface area contributed by atoms with Crippen LogP contribution in [0, 0.1) is 0 Å². The number of benzene rings is 1. The maximum Gasteiger partial charge on any atom is 0.227 e. The molecule has 0 radical (unpaired) electrons. The van der Waals surface area contributed by atoms with Crippen LogP contribution < -0.4 is 14.8 Å². The number of para-hydroxylation sites is 2. The van der Waals surface area contributed by atoms with E-state index in [0.29, 0.717) is 17.2 Å². The number of pyridine rings is 1. The first-order valence-electron chi connectivity index (χ1n) is 6.25. The molecule has 0 saturated heterocycles. The minimum atomic E-state index is -0.118. The van der Waals surface area contributed by atoms with Crippen LogP contribution in [0.5, 0.6) is 11.5 Å². The van der Waals surface area contributed by atoms with E-state index in [1.54, 1.807) is 37.7 Å². The maximum absolute atomic E-state index is 11.7. The molecule has 1 aromatic heterocycles. The van der Waals surface area contributed by atoms with Crippen LogP contribution >= 0.6 is 0 Å². The van der Waals surface area contributed by atoms with Gasteiger partial charge in [-0.1, -0.05) is 12.1 Å². The highest BCUT2D eigenvalue weighted by molar-refractivity contribution is 5.90. The normalized spacial score (nSPS) is 9.85. The average molecular weight is 272 g/mol. The lowest BCUT2D eigenvalue weighted by Crippen LogP contribution is -2.15. The fourth-order valence-electron chi connectivity index (χ4n) is 1.65. The quantitative estimate of drug-likeness (QED) is 0.877. The van der Waals surface area contributed by atoms with Gasteiger partial charge in [0.2, 0.25) is 5.91 Å². The standard InChI is InChI=1S/C15H16N2O3/c1-19-13-6-2-3-7-14(13)20-10-8-15(18)17-12-5-4-9-16-11-12/h2-7,9,11H,8,10H2,1H3,(H,17,18). The van der Waals surface area contributed by atoms with E-state index in [1.165, 1.54) is 0 Å². The van der Waals surface area contributed by atoms with Crippen molar-refractivity contribution in [3.8, 4) is 11.5 Å². The number of nitrogens with zero attached hydrogens (tertiary/aromatic N) is 1. The molecule has 1 aromatic carbocycles. The molecule has 104 valence electrons. The Hall–Kier alpha value is -2.56. The number of ether oxygens (including phenoxy) is 2. The van der Waals surface area contributed by atoms with Crippen LogP contribution in [0.1, 0.15) is 6.42 Å².